The van der Waals surface area contributed by atoms with Gasteiger partial charge < -0.3 is 13.3 Å². The smallest absolute Gasteiger partial charge is 0.359 e. The standard InChI is InChI=1S/C13H22O3Si2/c1-7-13(8-2)11-12-18(14-5,15-6)17(9-3,10-4)16-13/h7-10H,1-4,11-12H2,5-6H3. The fourth-order valence-electron chi connectivity index (χ4n) is 2.45. The molecule has 1 rings (SSSR count). The Balaban J connectivity index is 3.31. The van der Waals surface area contributed by atoms with Gasteiger partial charge in [-0.3, -0.25) is 0 Å². The second-order valence-corrected chi connectivity index (χ2v) is 14.4. The van der Waals surface area contributed by atoms with Crippen molar-refractivity contribution in [3.63, 3.8) is 0 Å². The predicted molar refractivity (Wildman–Crippen MR) is 79.6 cm³/mol. The summed E-state index contributed by atoms with van der Waals surface area (Å²) in [7, 11) is -1.59. The zero-order valence-electron chi connectivity index (χ0n) is 11.3. The zero-order valence-corrected chi connectivity index (χ0v) is 13.3. The first kappa shape index (κ1) is 15.3. The normalized spacial score (nSPS) is 23.9. The van der Waals surface area contributed by atoms with Crippen molar-refractivity contribution in [3.05, 3.63) is 49.9 Å². The van der Waals surface area contributed by atoms with Crippen LogP contribution in [0.1, 0.15) is 6.42 Å². The first-order valence-electron chi connectivity index (χ1n) is 5.88. The maximum Gasteiger partial charge on any atom is 0.359 e. The van der Waals surface area contributed by atoms with Gasteiger partial charge in [-0.1, -0.05) is 36.7 Å². The highest BCUT2D eigenvalue weighted by Crippen LogP contribution is 2.41. The Bertz CT molecular complexity index is 345. The summed E-state index contributed by atoms with van der Waals surface area (Å²) in [6, 6.07) is 0.822. The van der Waals surface area contributed by atoms with Crippen LogP contribution in [-0.4, -0.2) is 35.7 Å². The van der Waals surface area contributed by atoms with Gasteiger partial charge in [0.2, 0.25) is 0 Å². The molecule has 0 bridgehead atoms. The van der Waals surface area contributed by atoms with Gasteiger partial charge in [0.1, 0.15) is 0 Å². The Morgan fingerprint density at radius 2 is 1.56 bits per heavy atom. The average Bonchev–Trinajstić information content (AvgIpc) is 2.46. The van der Waals surface area contributed by atoms with Gasteiger partial charge in [0.15, 0.2) is 0 Å². The van der Waals surface area contributed by atoms with Crippen molar-refractivity contribution in [1.82, 2.24) is 0 Å². The van der Waals surface area contributed by atoms with Crippen molar-refractivity contribution >= 4 is 15.9 Å². The maximum absolute atomic E-state index is 6.33. The Morgan fingerprint density at radius 1 is 1.06 bits per heavy atom. The molecule has 1 fully saturated rings. The fourth-order valence-corrected chi connectivity index (χ4v) is 13.1. The molecule has 1 saturated heterocycles. The predicted octanol–water partition coefficient (Wildman–Crippen LogP) is 2.73. The van der Waals surface area contributed by atoms with E-state index in [1.54, 1.807) is 26.4 Å². The topological polar surface area (TPSA) is 27.7 Å². The molecule has 0 aromatic heterocycles. The Morgan fingerprint density at radius 3 is 1.89 bits per heavy atom. The molecule has 100 valence electrons. The second-order valence-electron chi connectivity index (χ2n) is 4.33. The lowest BCUT2D eigenvalue weighted by Crippen LogP contribution is -2.71. The van der Waals surface area contributed by atoms with Crippen LogP contribution in [0.4, 0.5) is 0 Å². The van der Waals surface area contributed by atoms with Crippen LogP contribution in [0.5, 0.6) is 0 Å². The third-order valence-electron chi connectivity index (χ3n) is 3.76. The van der Waals surface area contributed by atoms with Gasteiger partial charge in [-0.2, -0.15) is 0 Å². The van der Waals surface area contributed by atoms with Crippen LogP contribution in [0.3, 0.4) is 0 Å². The van der Waals surface area contributed by atoms with Gasteiger partial charge >= 0.3 is 8.08 Å². The second kappa shape index (κ2) is 5.50. The van der Waals surface area contributed by atoms with E-state index in [4.69, 9.17) is 13.3 Å². The van der Waals surface area contributed by atoms with Crippen LogP contribution in [0.2, 0.25) is 6.04 Å². The fraction of sp³-hybridized carbons (Fsp3) is 0.385. The minimum atomic E-state index is -2.51. The van der Waals surface area contributed by atoms with Crippen LogP contribution in [0, 0.1) is 0 Å². The molecule has 1 aliphatic heterocycles. The highest BCUT2D eigenvalue weighted by molar-refractivity contribution is 7.39. The molecule has 0 aliphatic carbocycles. The minimum Gasteiger partial charge on any atom is -0.398 e. The van der Waals surface area contributed by atoms with Crippen molar-refractivity contribution < 1.29 is 13.3 Å². The third kappa shape index (κ3) is 2.02. The van der Waals surface area contributed by atoms with Crippen LogP contribution in [-0.2, 0) is 13.3 Å². The molecule has 0 unspecified atom stereocenters. The van der Waals surface area contributed by atoms with E-state index in [2.05, 4.69) is 26.3 Å². The molecule has 0 aromatic carbocycles. The SMILES string of the molecule is C=CC1(C=C)CC[Si](OC)(OC)[Si](C=C)(C=C)O1. The zero-order chi connectivity index (χ0) is 13.9. The molecule has 18 heavy (non-hydrogen) atoms. The van der Waals surface area contributed by atoms with E-state index in [-0.39, 0.29) is 0 Å². The summed E-state index contributed by atoms with van der Waals surface area (Å²) >= 11 is 0. The number of hydrogen-bond acceptors (Lipinski definition) is 3. The number of rotatable bonds is 6. The highest BCUT2D eigenvalue weighted by atomic mass is 29.3. The van der Waals surface area contributed by atoms with E-state index in [9.17, 15) is 0 Å². The number of hydrogen-bond donors (Lipinski definition) is 0. The van der Waals surface area contributed by atoms with Gasteiger partial charge in [0, 0.05) is 14.2 Å². The highest BCUT2D eigenvalue weighted by Gasteiger charge is 2.63. The lowest BCUT2D eigenvalue weighted by Gasteiger charge is -2.49. The van der Waals surface area contributed by atoms with Crippen molar-refractivity contribution in [3.8, 4) is 0 Å². The molecule has 0 radical (unpaired) electrons. The molecule has 1 aliphatic rings. The quantitative estimate of drug-likeness (QED) is 0.554. The van der Waals surface area contributed by atoms with Crippen LogP contribution >= 0.6 is 0 Å². The summed E-state index contributed by atoms with van der Waals surface area (Å²) in [4.78, 5) is 0. The summed E-state index contributed by atoms with van der Waals surface area (Å²) < 4.78 is 17.8. The Labute approximate surface area is 112 Å². The van der Waals surface area contributed by atoms with Crippen molar-refractivity contribution in [2.75, 3.05) is 14.2 Å². The van der Waals surface area contributed by atoms with E-state index in [1.165, 1.54) is 0 Å². The van der Waals surface area contributed by atoms with Crippen LogP contribution < -0.4 is 0 Å². The summed E-state index contributed by atoms with van der Waals surface area (Å²) in [5, 5.41) is 0. The summed E-state index contributed by atoms with van der Waals surface area (Å²) in [5.41, 5.74) is 3.17. The van der Waals surface area contributed by atoms with Crippen molar-refractivity contribution in [1.29, 1.82) is 0 Å². The summed E-state index contributed by atoms with van der Waals surface area (Å²) in [6.07, 6.45) is 4.35. The molecular formula is C13H22O3Si2. The van der Waals surface area contributed by atoms with E-state index in [1.807, 2.05) is 11.4 Å². The molecule has 3 nitrogen and oxygen atoms in total. The van der Waals surface area contributed by atoms with Crippen molar-refractivity contribution in [2.24, 2.45) is 0 Å². The lowest BCUT2D eigenvalue weighted by atomic mass is 10.0. The van der Waals surface area contributed by atoms with Gasteiger partial charge in [0.05, 0.1) is 5.60 Å². The third-order valence-corrected chi connectivity index (χ3v) is 16.2. The molecule has 0 aromatic rings. The van der Waals surface area contributed by atoms with Crippen LogP contribution in [0.25, 0.3) is 0 Å². The first-order valence-corrected chi connectivity index (χ1v) is 11.0. The Kier molecular flexibility index (Phi) is 4.68. The largest absolute Gasteiger partial charge is 0.398 e. The van der Waals surface area contributed by atoms with E-state index in [0.29, 0.717) is 0 Å². The molecule has 5 heteroatoms. The van der Waals surface area contributed by atoms with Crippen molar-refractivity contribution in [2.45, 2.75) is 18.1 Å². The molecule has 0 spiro atoms. The van der Waals surface area contributed by atoms with E-state index >= 15 is 0 Å². The van der Waals surface area contributed by atoms with Gasteiger partial charge in [-0.15, -0.1) is 13.2 Å². The summed E-state index contributed by atoms with van der Waals surface area (Å²) in [6.45, 7) is 15.6. The molecule has 0 atom stereocenters. The molecule has 1 heterocycles. The van der Waals surface area contributed by atoms with Gasteiger partial charge in [0.25, 0.3) is 7.83 Å². The summed E-state index contributed by atoms with van der Waals surface area (Å²) in [5.74, 6) is 0. The average molecular weight is 282 g/mol. The van der Waals surface area contributed by atoms with E-state index in [0.717, 1.165) is 12.5 Å². The monoisotopic (exact) mass is 282 g/mol. The van der Waals surface area contributed by atoms with Gasteiger partial charge in [-0.25, -0.2) is 0 Å². The molecule has 0 N–H and O–H groups in total. The maximum atomic E-state index is 6.33. The van der Waals surface area contributed by atoms with Crippen LogP contribution in [0.15, 0.2) is 49.9 Å². The Hall–Kier alpha value is -0.726. The molecule has 0 saturated carbocycles. The molecule has 0 amide bonds. The first-order chi connectivity index (χ1) is 8.53. The minimum absolute atomic E-state index is 0.526. The lowest BCUT2D eigenvalue weighted by molar-refractivity contribution is 0.132. The molecular weight excluding hydrogens is 260 g/mol. The van der Waals surface area contributed by atoms with Gasteiger partial charge in [-0.05, 0) is 12.5 Å². The van der Waals surface area contributed by atoms with E-state index < -0.39 is 21.5 Å².